The van der Waals surface area contributed by atoms with Gasteiger partial charge in [0.15, 0.2) is 5.84 Å². The zero-order chi connectivity index (χ0) is 9.78. The molecular formula is C6H14N4O2. The Bertz CT molecular complexity index is 190. The Hall–Kier alpha value is -1.14. The molecule has 0 radical (unpaired) electrons. The van der Waals surface area contributed by atoms with E-state index in [4.69, 9.17) is 32.5 Å². The Morgan fingerprint density at radius 1 is 1.25 bits per heavy atom. The molecule has 70 valence electrons. The zero-order valence-corrected chi connectivity index (χ0v) is 6.67. The molecule has 6 heteroatoms. The van der Waals surface area contributed by atoms with Crippen molar-refractivity contribution in [1.29, 1.82) is 10.8 Å². The summed E-state index contributed by atoms with van der Waals surface area (Å²) in [6.45, 7) is 0. The molecule has 0 saturated carbocycles. The first-order valence-corrected chi connectivity index (χ1v) is 3.48. The van der Waals surface area contributed by atoms with Crippen LogP contribution in [0.2, 0.25) is 0 Å². The molecule has 6 nitrogen and oxygen atoms in total. The van der Waals surface area contributed by atoms with Gasteiger partial charge in [-0.15, -0.1) is 0 Å². The molecule has 0 aromatic heterocycles. The predicted octanol–water partition coefficient (Wildman–Crippen LogP) is -1.29. The van der Waals surface area contributed by atoms with E-state index in [1.165, 1.54) is 0 Å². The van der Waals surface area contributed by atoms with Gasteiger partial charge in [0.25, 0.3) is 0 Å². The lowest BCUT2D eigenvalue weighted by Crippen LogP contribution is -2.43. The van der Waals surface area contributed by atoms with E-state index in [9.17, 15) is 0 Å². The maximum Gasteiger partial charge on any atom is 0.222 e. The molecule has 0 heterocycles. The third-order valence-corrected chi connectivity index (χ3v) is 1.40. The number of rotatable bonds is 5. The summed E-state index contributed by atoms with van der Waals surface area (Å²) in [4.78, 5) is 0. The van der Waals surface area contributed by atoms with Crippen molar-refractivity contribution in [2.45, 2.75) is 25.0 Å². The van der Waals surface area contributed by atoms with Gasteiger partial charge in [-0.05, 0) is 6.42 Å². The van der Waals surface area contributed by atoms with E-state index in [0.717, 1.165) is 0 Å². The van der Waals surface area contributed by atoms with Crippen molar-refractivity contribution in [2.75, 3.05) is 0 Å². The molecule has 12 heavy (non-hydrogen) atoms. The molecule has 0 aliphatic carbocycles. The van der Waals surface area contributed by atoms with Crippen molar-refractivity contribution in [3.63, 3.8) is 0 Å². The smallest absolute Gasteiger partial charge is 0.222 e. The van der Waals surface area contributed by atoms with Crippen molar-refractivity contribution in [1.82, 2.24) is 0 Å². The lowest BCUT2D eigenvalue weighted by atomic mass is 10.1. The van der Waals surface area contributed by atoms with Crippen LogP contribution in [0.4, 0.5) is 0 Å². The van der Waals surface area contributed by atoms with Crippen LogP contribution in [0.25, 0.3) is 0 Å². The average molecular weight is 174 g/mol. The van der Waals surface area contributed by atoms with Gasteiger partial charge >= 0.3 is 0 Å². The largest absolute Gasteiger partial charge is 0.388 e. The van der Waals surface area contributed by atoms with Crippen molar-refractivity contribution < 1.29 is 10.2 Å². The number of amidine groups is 2. The van der Waals surface area contributed by atoms with Gasteiger partial charge in [0.05, 0.1) is 5.84 Å². The van der Waals surface area contributed by atoms with Crippen molar-refractivity contribution in [2.24, 2.45) is 11.5 Å². The summed E-state index contributed by atoms with van der Waals surface area (Å²) in [5.41, 5.74) is 9.92. The second-order valence-electron chi connectivity index (χ2n) is 2.61. The van der Waals surface area contributed by atoms with Gasteiger partial charge in [0.2, 0.25) is 5.79 Å². The molecular weight excluding hydrogens is 160 g/mol. The van der Waals surface area contributed by atoms with Gasteiger partial charge < -0.3 is 21.7 Å². The fourth-order valence-corrected chi connectivity index (χ4v) is 0.660. The minimum Gasteiger partial charge on any atom is -0.388 e. The van der Waals surface area contributed by atoms with Crippen LogP contribution in [-0.2, 0) is 0 Å². The summed E-state index contributed by atoms with van der Waals surface area (Å²) in [5.74, 6) is -2.96. The Balaban J connectivity index is 3.76. The van der Waals surface area contributed by atoms with Crippen LogP contribution in [0.5, 0.6) is 0 Å². The predicted molar refractivity (Wildman–Crippen MR) is 44.8 cm³/mol. The number of hydrogen-bond acceptors (Lipinski definition) is 4. The van der Waals surface area contributed by atoms with E-state index in [0.29, 0.717) is 6.42 Å². The fraction of sp³-hybridized carbons (Fsp3) is 0.667. The number of aliphatic hydroxyl groups is 2. The monoisotopic (exact) mass is 174 g/mol. The van der Waals surface area contributed by atoms with Gasteiger partial charge in [-0.3, -0.25) is 10.8 Å². The molecule has 0 rings (SSSR count). The van der Waals surface area contributed by atoms with Crippen molar-refractivity contribution in [3.05, 3.63) is 0 Å². The summed E-state index contributed by atoms with van der Waals surface area (Å²) in [5, 5.41) is 31.6. The van der Waals surface area contributed by atoms with Gasteiger partial charge in [-0.1, -0.05) is 0 Å². The normalized spacial score (nSPS) is 11.2. The Morgan fingerprint density at radius 3 is 2.08 bits per heavy atom. The fourth-order valence-electron chi connectivity index (χ4n) is 0.660. The Labute approximate surface area is 70.2 Å². The minimum absolute atomic E-state index is 0.0191. The molecule has 0 unspecified atom stereocenters. The molecule has 0 bridgehead atoms. The van der Waals surface area contributed by atoms with E-state index in [1.807, 2.05) is 0 Å². The maximum atomic E-state index is 9.00. The van der Waals surface area contributed by atoms with Gasteiger partial charge in [0, 0.05) is 12.8 Å². The zero-order valence-electron chi connectivity index (χ0n) is 6.67. The molecule has 0 spiro atoms. The molecule has 0 fully saturated rings. The van der Waals surface area contributed by atoms with E-state index in [-0.39, 0.29) is 18.7 Å². The molecule has 0 atom stereocenters. The van der Waals surface area contributed by atoms with Crippen molar-refractivity contribution >= 4 is 11.7 Å². The molecule has 0 amide bonds. The van der Waals surface area contributed by atoms with Crippen molar-refractivity contribution in [3.8, 4) is 0 Å². The first-order chi connectivity index (χ1) is 5.36. The van der Waals surface area contributed by atoms with Crippen LogP contribution < -0.4 is 11.5 Å². The molecule has 0 saturated heterocycles. The maximum absolute atomic E-state index is 9.00. The van der Waals surface area contributed by atoms with Gasteiger partial charge in [0.1, 0.15) is 0 Å². The highest BCUT2D eigenvalue weighted by atomic mass is 16.5. The van der Waals surface area contributed by atoms with Crippen LogP contribution in [0.3, 0.4) is 0 Å². The Kier molecular flexibility index (Phi) is 3.65. The highest BCUT2D eigenvalue weighted by Gasteiger charge is 2.26. The minimum atomic E-state index is -2.25. The molecule has 0 aromatic carbocycles. The second kappa shape index (κ2) is 4.03. The summed E-state index contributed by atoms with van der Waals surface area (Å²) in [6, 6.07) is 0. The van der Waals surface area contributed by atoms with Gasteiger partial charge in [-0.2, -0.15) is 0 Å². The van der Waals surface area contributed by atoms with Gasteiger partial charge in [-0.25, -0.2) is 0 Å². The lowest BCUT2D eigenvalue weighted by molar-refractivity contribution is -0.106. The number of hydrogen-bond donors (Lipinski definition) is 6. The summed E-state index contributed by atoms with van der Waals surface area (Å²) >= 11 is 0. The van der Waals surface area contributed by atoms with E-state index in [2.05, 4.69) is 0 Å². The standard InChI is InChI=1S/C6H14N4O2/c7-4(8)2-1-3-6(11,12)5(9)10/h11-12H,1-3H2,(H3,7,8)(H3,9,10). The lowest BCUT2D eigenvalue weighted by Gasteiger charge is -2.19. The Morgan fingerprint density at radius 2 is 1.75 bits per heavy atom. The molecule has 0 aliphatic rings. The van der Waals surface area contributed by atoms with Crippen LogP contribution in [-0.4, -0.2) is 27.7 Å². The third kappa shape index (κ3) is 3.89. The summed E-state index contributed by atoms with van der Waals surface area (Å²) in [6.07, 6.45) is 0.514. The molecule has 0 aliphatic heterocycles. The average Bonchev–Trinajstić information content (AvgIpc) is 1.85. The van der Waals surface area contributed by atoms with Crippen LogP contribution >= 0.6 is 0 Å². The van der Waals surface area contributed by atoms with E-state index < -0.39 is 11.6 Å². The SMILES string of the molecule is N=C(N)CCCC(O)(O)C(=N)N. The molecule has 8 N–H and O–H groups in total. The van der Waals surface area contributed by atoms with Crippen LogP contribution in [0.15, 0.2) is 0 Å². The quantitative estimate of drug-likeness (QED) is 0.175. The van der Waals surface area contributed by atoms with E-state index in [1.54, 1.807) is 0 Å². The summed E-state index contributed by atoms with van der Waals surface area (Å²) < 4.78 is 0. The van der Waals surface area contributed by atoms with E-state index >= 15 is 0 Å². The highest BCUT2D eigenvalue weighted by molar-refractivity contribution is 5.84. The first kappa shape index (κ1) is 10.9. The third-order valence-electron chi connectivity index (χ3n) is 1.40. The summed E-state index contributed by atoms with van der Waals surface area (Å²) in [7, 11) is 0. The topological polar surface area (TPSA) is 140 Å². The van der Waals surface area contributed by atoms with Crippen LogP contribution in [0.1, 0.15) is 19.3 Å². The van der Waals surface area contributed by atoms with Crippen LogP contribution in [0, 0.1) is 10.8 Å². The first-order valence-electron chi connectivity index (χ1n) is 3.48. The number of nitrogens with two attached hydrogens (primary N) is 2. The molecule has 0 aromatic rings. The second-order valence-corrected chi connectivity index (χ2v) is 2.61. The highest BCUT2D eigenvalue weighted by Crippen LogP contribution is 2.09. The number of nitrogens with one attached hydrogen (secondary N) is 2.